The van der Waals surface area contributed by atoms with E-state index in [1.165, 1.54) is 24.3 Å². The van der Waals surface area contributed by atoms with Crippen molar-refractivity contribution in [3.8, 4) is 39.4 Å². The number of unbranched alkanes of at least 4 members (excludes halogenated alkanes) is 1. The fourth-order valence-corrected chi connectivity index (χ4v) is 7.44. The fraction of sp³-hybridized carbons (Fsp3) is 0.294. The Labute approximate surface area is 251 Å². The summed E-state index contributed by atoms with van der Waals surface area (Å²) in [7, 11) is -3.43. The van der Waals surface area contributed by atoms with E-state index in [4.69, 9.17) is 10.5 Å². The summed E-state index contributed by atoms with van der Waals surface area (Å²) in [5.41, 5.74) is 16.6. The Hall–Kier alpha value is -4.05. The van der Waals surface area contributed by atoms with Crippen LogP contribution in [0.3, 0.4) is 0 Å². The molecule has 1 atom stereocenters. The molecule has 3 N–H and O–H groups in total. The highest BCUT2D eigenvalue weighted by molar-refractivity contribution is 7.85. The molecule has 1 heterocycles. The van der Waals surface area contributed by atoms with E-state index in [0.29, 0.717) is 24.9 Å². The molecule has 2 aliphatic carbocycles. The van der Waals surface area contributed by atoms with Crippen molar-refractivity contribution in [3.05, 3.63) is 89.0 Å². The summed E-state index contributed by atoms with van der Waals surface area (Å²) in [6.45, 7) is 0.669. The van der Waals surface area contributed by atoms with Crippen LogP contribution >= 0.6 is 0 Å². The van der Waals surface area contributed by atoms with Gasteiger partial charge in [0.05, 0.1) is 12.0 Å². The molecular weight excluding hydrogens is 564 g/mol. The summed E-state index contributed by atoms with van der Waals surface area (Å²) < 4.78 is 44.6. The van der Waals surface area contributed by atoms with Crippen LogP contribution in [0.1, 0.15) is 41.5 Å². The van der Waals surface area contributed by atoms with Crippen LogP contribution in [0, 0.1) is 0 Å². The minimum atomic E-state index is -4.78. The first kappa shape index (κ1) is 29.0. The van der Waals surface area contributed by atoms with Gasteiger partial charge in [-0.05, 0) is 79.5 Å². The number of carboxylic acid groups (broad SMARTS) is 1. The lowest BCUT2D eigenvalue weighted by Gasteiger charge is -2.29. The third kappa shape index (κ3) is 5.33. The average Bonchev–Trinajstić information content (AvgIpc) is 3.01. The molecule has 9 heteroatoms. The molecular formula is C34H34N2O6S. The van der Waals surface area contributed by atoms with Gasteiger partial charge in [0.1, 0.15) is 28.5 Å². The largest absolute Gasteiger partial charge is 0.744 e. The first-order chi connectivity index (χ1) is 20.7. The van der Waals surface area contributed by atoms with Crippen molar-refractivity contribution in [3.63, 3.8) is 0 Å². The summed E-state index contributed by atoms with van der Waals surface area (Å²) in [5.74, 6) is -0.962. The Morgan fingerprint density at radius 3 is 2.05 bits per heavy atom. The van der Waals surface area contributed by atoms with E-state index in [2.05, 4.69) is 28.8 Å². The van der Waals surface area contributed by atoms with Gasteiger partial charge in [-0.15, -0.1) is 0 Å². The second-order valence-corrected chi connectivity index (χ2v) is 12.6. The Morgan fingerprint density at radius 2 is 1.51 bits per heavy atom. The molecule has 0 fully saturated rings. The summed E-state index contributed by atoms with van der Waals surface area (Å²) in [6, 6.07) is 20.7. The van der Waals surface area contributed by atoms with Gasteiger partial charge >= 0.3 is 5.97 Å². The van der Waals surface area contributed by atoms with E-state index in [-0.39, 0.29) is 10.6 Å². The molecule has 0 saturated heterocycles. The van der Waals surface area contributed by atoms with E-state index >= 15 is 0 Å². The number of carboxylic acids is 1. The quantitative estimate of drug-likeness (QED) is 0.163. The number of carbonyl (C=O) groups is 1. The molecule has 0 saturated carbocycles. The number of hydrogen-bond donors (Lipinski definition) is 2. The molecule has 1 aromatic heterocycles. The standard InChI is InChI=1S/C34H34N2O6S/c1-42-29-18-15-23(20-30(29)43(39,40)41)31-26-16-13-21-8-2-4-10-24(21)32(26)36(19-7-6-12-28(35)34(37)38)33-25-11-5-3-9-22(25)14-17-27(31)33/h2-5,8-11,15,18,20,28H,6-7,12-14,16-17,19,35H2,1H3,(H-,37,38,39,40,41)/t28-/m0/s1. The number of pyridine rings is 1. The molecule has 43 heavy (non-hydrogen) atoms. The van der Waals surface area contributed by atoms with Gasteiger partial charge in [-0.2, -0.15) is 4.57 Å². The summed E-state index contributed by atoms with van der Waals surface area (Å²) in [4.78, 5) is 11.0. The molecule has 4 aromatic rings. The predicted octanol–water partition coefficient (Wildman–Crippen LogP) is 4.67. The van der Waals surface area contributed by atoms with Crippen LogP contribution in [0.15, 0.2) is 71.6 Å². The molecule has 0 unspecified atom stereocenters. The van der Waals surface area contributed by atoms with Crippen LogP contribution in [-0.4, -0.2) is 37.2 Å². The number of methoxy groups -OCH3 is 1. The second kappa shape index (κ2) is 11.6. The molecule has 0 amide bonds. The first-order valence-electron chi connectivity index (χ1n) is 14.6. The highest BCUT2D eigenvalue weighted by Crippen LogP contribution is 2.45. The highest BCUT2D eigenvalue weighted by Gasteiger charge is 2.37. The third-order valence-electron chi connectivity index (χ3n) is 8.73. The van der Waals surface area contributed by atoms with Gasteiger partial charge in [0.2, 0.25) is 11.4 Å². The second-order valence-electron chi connectivity index (χ2n) is 11.3. The zero-order valence-corrected chi connectivity index (χ0v) is 24.8. The van der Waals surface area contributed by atoms with Crippen LogP contribution in [0.2, 0.25) is 0 Å². The lowest BCUT2D eigenvalue weighted by molar-refractivity contribution is -0.676. The van der Waals surface area contributed by atoms with E-state index < -0.39 is 22.1 Å². The predicted molar refractivity (Wildman–Crippen MR) is 162 cm³/mol. The van der Waals surface area contributed by atoms with Crippen molar-refractivity contribution in [2.75, 3.05) is 7.11 Å². The molecule has 0 bridgehead atoms. The number of ether oxygens (including phenoxy) is 1. The lowest BCUT2D eigenvalue weighted by Crippen LogP contribution is -2.43. The first-order valence-corrected chi connectivity index (χ1v) is 16.0. The van der Waals surface area contributed by atoms with Crippen LogP contribution in [-0.2, 0) is 47.1 Å². The van der Waals surface area contributed by atoms with E-state index in [1.807, 2.05) is 30.3 Å². The number of hydrogen-bond acceptors (Lipinski definition) is 6. The molecule has 0 spiro atoms. The molecule has 8 nitrogen and oxygen atoms in total. The van der Waals surface area contributed by atoms with Crippen molar-refractivity contribution in [2.24, 2.45) is 5.73 Å². The lowest BCUT2D eigenvalue weighted by atomic mass is 9.77. The maximum Gasteiger partial charge on any atom is 0.320 e. The maximum atomic E-state index is 12.3. The van der Waals surface area contributed by atoms with Gasteiger partial charge in [0.25, 0.3) is 0 Å². The SMILES string of the molecule is COc1ccc(-c2c3c([n+](CCCC[C@H](N)C(=O)O)c4c2CCc2ccccc2-4)-c2ccccc2CC3)cc1S(=O)(=O)[O-]. The topological polar surface area (TPSA) is 134 Å². The maximum absolute atomic E-state index is 12.3. The number of rotatable bonds is 9. The monoisotopic (exact) mass is 598 g/mol. The van der Waals surface area contributed by atoms with Gasteiger partial charge in [-0.25, -0.2) is 8.42 Å². The van der Waals surface area contributed by atoms with E-state index in [0.717, 1.165) is 71.3 Å². The average molecular weight is 599 g/mol. The minimum absolute atomic E-state index is 0.0303. The highest BCUT2D eigenvalue weighted by atomic mass is 32.2. The fourth-order valence-electron chi connectivity index (χ4n) is 6.77. The summed E-state index contributed by atoms with van der Waals surface area (Å²) in [6.07, 6.45) is 4.99. The number of aliphatic carboxylic acids is 1. The Kier molecular flexibility index (Phi) is 7.81. The molecule has 3 aromatic carbocycles. The van der Waals surface area contributed by atoms with Gasteiger partial charge in [-0.1, -0.05) is 42.5 Å². The van der Waals surface area contributed by atoms with Crippen LogP contribution in [0.25, 0.3) is 33.6 Å². The summed E-state index contributed by atoms with van der Waals surface area (Å²) >= 11 is 0. The van der Waals surface area contributed by atoms with Crippen LogP contribution in [0.5, 0.6) is 5.75 Å². The zero-order chi connectivity index (χ0) is 30.3. The normalized spacial score (nSPS) is 14.2. The number of benzene rings is 3. The molecule has 0 aliphatic heterocycles. The van der Waals surface area contributed by atoms with E-state index in [1.54, 1.807) is 6.07 Å². The molecule has 222 valence electrons. The number of fused-ring (bicyclic) bond motifs is 6. The van der Waals surface area contributed by atoms with E-state index in [9.17, 15) is 22.9 Å². The van der Waals surface area contributed by atoms with Crippen molar-refractivity contribution in [1.82, 2.24) is 0 Å². The number of nitrogens with zero attached hydrogens (tertiary/aromatic N) is 1. The minimum Gasteiger partial charge on any atom is -0.744 e. The number of aryl methyl sites for hydroxylation is 2. The van der Waals surface area contributed by atoms with Crippen molar-refractivity contribution in [2.45, 2.75) is 62.4 Å². The molecule has 0 radical (unpaired) electrons. The number of nitrogens with two attached hydrogens (primary N) is 1. The van der Waals surface area contributed by atoms with Crippen molar-refractivity contribution >= 4 is 16.1 Å². The van der Waals surface area contributed by atoms with Gasteiger partial charge in [0, 0.05) is 34.2 Å². The Balaban J connectivity index is 1.63. The van der Waals surface area contributed by atoms with Crippen molar-refractivity contribution in [1.29, 1.82) is 0 Å². The zero-order valence-electron chi connectivity index (χ0n) is 24.0. The van der Waals surface area contributed by atoms with Gasteiger partial charge < -0.3 is 20.1 Å². The molecule has 6 rings (SSSR count). The Bertz CT molecular complexity index is 1770. The van der Waals surface area contributed by atoms with Crippen molar-refractivity contribution < 1.29 is 32.2 Å². The molecule has 2 aliphatic rings. The van der Waals surface area contributed by atoms with Crippen LogP contribution < -0.4 is 15.0 Å². The third-order valence-corrected chi connectivity index (χ3v) is 9.59. The summed E-state index contributed by atoms with van der Waals surface area (Å²) in [5, 5.41) is 9.28. The Morgan fingerprint density at radius 1 is 0.930 bits per heavy atom. The van der Waals surface area contributed by atoms with Gasteiger partial charge in [-0.3, -0.25) is 4.79 Å². The number of aromatic nitrogens is 1. The van der Waals surface area contributed by atoms with Gasteiger partial charge in [0.15, 0.2) is 0 Å². The smallest absolute Gasteiger partial charge is 0.320 e. The van der Waals surface area contributed by atoms with Crippen LogP contribution in [0.4, 0.5) is 0 Å².